The highest BCUT2D eigenvalue weighted by Gasteiger charge is 2.29. The lowest BCUT2D eigenvalue weighted by Crippen LogP contribution is -2.27. The van der Waals surface area contributed by atoms with Gasteiger partial charge in [0.25, 0.3) is 0 Å². The van der Waals surface area contributed by atoms with Crippen molar-refractivity contribution in [3.05, 3.63) is 53.8 Å². The smallest absolute Gasteiger partial charge is 0.237 e. The summed E-state index contributed by atoms with van der Waals surface area (Å²) >= 11 is 0. The Balaban J connectivity index is 1.72. The first-order valence-corrected chi connectivity index (χ1v) is 9.11. The number of fused-ring (bicyclic) bond motifs is 1. The van der Waals surface area contributed by atoms with Gasteiger partial charge in [-0.05, 0) is 48.4 Å². The Kier molecular flexibility index (Phi) is 6.19. The Morgan fingerprint density at radius 3 is 2.70 bits per heavy atom. The molecule has 2 aromatic rings. The lowest BCUT2D eigenvalue weighted by molar-refractivity contribution is -0.115. The molecular weight excluding hydrogens is 345 g/mol. The van der Waals surface area contributed by atoms with Gasteiger partial charge in [-0.25, -0.2) is 4.39 Å². The maximum absolute atomic E-state index is 13.3. The van der Waals surface area contributed by atoms with Crippen LogP contribution < -0.4 is 10.2 Å². The highest BCUT2D eigenvalue weighted by molar-refractivity contribution is 6.12. The van der Waals surface area contributed by atoms with Crippen LogP contribution in [-0.2, 0) is 9.53 Å². The van der Waals surface area contributed by atoms with E-state index in [2.05, 4.69) is 22.1 Å². The highest BCUT2D eigenvalue weighted by atomic mass is 19.1. The number of ether oxygens (including phenoxy) is 1. The molecule has 27 heavy (non-hydrogen) atoms. The number of anilines is 2. The van der Waals surface area contributed by atoms with E-state index >= 15 is 0 Å². The largest absolute Gasteiger partial charge is 0.383 e. The van der Waals surface area contributed by atoms with Crippen molar-refractivity contribution < 1.29 is 13.9 Å². The number of amides is 1. The summed E-state index contributed by atoms with van der Waals surface area (Å²) in [5, 5.41) is 2.69. The van der Waals surface area contributed by atoms with Crippen molar-refractivity contribution >= 4 is 29.2 Å². The zero-order valence-electron chi connectivity index (χ0n) is 15.6. The minimum Gasteiger partial charge on any atom is -0.383 e. The van der Waals surface area contributed by atoms with Gasteiger partial charge in [-0.1, -0.05) is 13.0 Å². The second-order valence-electron chi connectivity index (χ2n) is 6.47. The van der Waals surface area contributed by atoms with E-state index in [4.69, 9.17) is 4.74 Å². The maximum Gasteiger partial charge on any atom is 0.237 e. The van der Waals surface area contributed by atoms with Crippen molar-refractivity contribution in [1.29, 1.82) is 0 Å². The number of carbonyl (C=O) groups is 1. The normalized spacial score (nSPS) is 15.8. The molecule has 0 aromatic heterocycles. The molecule has 0 bridgehead atoms. The Bertz CT molecular complexity index is 821. The van der Waals surface area contributed by atoms with Crippen molar-refractivity contribution in [2.45, 2.75) is 19.3 Å². The second kappa shape index (κ2) is 8.77. The van der Waals surface area contributed by atoms with Crippen LogP contribution in [0.15, 0.2) is 47.5 Å². The van der Waals surface area contributed by atoms with Crippen molar-refractivity contribution in [2.24, 2.45) is 4.99 Å². The molecule has 6 heteroatoms. The molecule has 1 aliphatic heterocycles. The van der Waals surface area contributed by atoms with Crippen molar-refractivity contribution in [2.75, 3.05) is 37.0 Å². The number of hydrogen-bond donors (Lipinski definition) is 1. The number of nitrogens with one attached hydrogen (secondary N) is 1. The number of halogens is 1. The van der Waals surface area contributed by atoms with Gasteiger partial charge in [-0.2, -0.15) is 0 Å². The topological polar surface area (TPSA) is 53.9 Å². The molecular formula is C21H24FN3O2. The van der Waals surface area contributed by atoms with Crippen LogP contribution in [0.5, 0.6) is 0 Å². The standard InChI is InChI=1S/C21H24FN3O2/c1-3-10-25(11-12-27-2)17-7-5-16(6-8-17)23-14-19-18-9-4-15(22)13-20(18)24-21(19)26/h4-9,13-14,19H,3,10-12H2,1-2H3,(H,24,26). The molecule has 0 spiro atoms. The maximum atomic E-state index is 13.3. The molecule has 0 fully saturated rings. The van der Waals surface area contributed by atoms with Crippen LogP contribution in [-0.4, -0.2) is 38.9 Å². The van der Waals surface area contributed by atoms with E-state index < -0.39 is 5.92 Å². The third-order valence-corrected chi connectivity index (χ3v) is 4.54. The highest BCUT2D eigenvalue weighted by Crippen LogP contribution is 2.32. The number of carbonyl (C=O) groups excluding carboxylic acids is 1. The second-order valence-corrected chi connectivity index (χ2v) is 6.47. The molecule has 0 aliphatic carbocycles. The Morgan fingerprint density at radius 2 is 2.00 bits per heavy atom. The number of benzene rings is 2. The molecule has 0 saturated carbocycles. The summed E-state index contributed by atoms with van der Waals surface area (Å²) in [6.45, 7) is 4.62. The summed E-state index contributed by atoms with van der Waals surface area (Å²) in [6, 6.07) is 12.2. The number of rotatable bonds is 8. The molecule has 0 radical (unpaired) electrons. The van der Waals surface area contributed by atoms with E-state index in [1.807, 2.05) is 24.3 Å². The van der Waals surface area contributed by atoms with Crippen LogP contribution in [0.4, 0.5) is 21.5 Å². The fourth-order valence-electron chi connectivity index (χ4n) is 3.16. The zero-order chi connectivity index (χ0) is 19.2. The fourth-order valence-corrected chi connectivity index (χ4v) is 3.16. The molecule has 1 heterocycles. The number of aliphatic imine (C=N–C) groups is 1. The average Bonchev–Trinajstić information content (AvgIpc) is 2.98. The summed E-state index contributed by atoms with van der Waals surface area (Å²) in [5.41, 5.74) is 3.15. The van der Waals surface area contributed by atoms with E-state index in [-0.39, 0.29) is 11.7 Å². The van der Waals surface area contributed by atoms with Gasteiger partial charge in [-0.15, -0.1) is 0 Å². The summed E-state index contributed by atoms with van der Waals surface area (Å²) in [7, 11) is 1.70. The Hall–Kier alpha value is -2.73. The molecule has 0 saturated heterocycles. The first kappa shape index (κ1) is 19.0. The summed E-state index contributed by atoms with van der Waals surface area (Å²) < 4.78 is 18.5. The third-order valence-electron chi connectivity index (χ3n) is 4.54. The van der Waals surface area contributed by atoms with Gasteiger partial charge in [-0.3, -0.25) is 9.79 Å². The van der Waals surface area contributed by atoms with Crippen LogP contribution in [0.3, 0.4) is 0 Å². The van der Waals surface area contributed by atoms with Gasteiger partial charge in [0.15, 0.2) is 0 Å². The van der Waals surface area contributed by atoms with E-state index in [1.54, 1.807) is 19.4 Å². The number of methoxy groups -OCH3 is 1. The van der Waals surface area contributed by atoms with Crippen molar-refractivity contribution in [3.63, 3.8) is 0 Å². The van der Waals surface area contributed by atoms with Crippen molar-refractivity contribution in [3.8, 4) is 0 Å². The third kappa shape index (κ3) is 4.52. The van der Waals surface area contributed by atoms with Gasteiger partial charge < -0.3 is 15.0 Å². The quantitative estimate of drug-likeness (QED) is 0.712. The monoisotopic (exact) mass is 369 g/mol. The first-order chi connectivity index (χ1) is 13.1. The minimum absolute atomic E-state index is 0.190. The molecule has 2 aromatic carbocycles. The van der Waals surface area contributed by atoms with E-state index in [0.29, 0.717) is 12.3 Å². The molecule has 1 N–H and O–H groups in total. The number of nitrogens with zero attached hydrogens (tertiary/aromatic N) is 2. The van der Waals surface area contributed by atoms with Crippen LogP contribution in [0.1, 0.15) is 24.8 Å². The van der Waals surface area contributed by atoms with Crippen LogP contribution in [0.25, 0.3) is 0 Å². The molecule has 1 atom stereocenters. The van der Waals surface area contributed by atoms with Gasteiger partial charge >= 0.3 is 0 Å². The molecule has 5 nitrogen and oxygen atoms in total. The van der Waals surface area contributed by atoms with Crippen LogP contribution in [0, 0.1) is 5.82 Å². The lowest BCUT2D eigenvalue weighted by Gasteiger charge is -2.24. The van der Waals surface area contributed by atoms with E-state index in [9.17, 15) is 9.18 Å². The lowest BCUT2D eigenvalue weighted by atomic mass is 10.0. The predicted octanol–water partition coefficient (Wildman–Crippen LogP) is 4.13. The fraction of sp³-hybridized carbons (Fsp3) is 0.333. The van der Waals surface area contributed by atoms with Crippen LogP contribution in [0.2, 0.25) is 0 Å². The Labute approximate surface area is 158 Å². The number of hydrogen-bond acceptors (Lipinski definition) is 4. The minimum atomic E-state index is -0.501. The molecule has 1 aliphatic rings. The molecule has 3 rings (SSSR count). The van der Waals surface area contributed by atoms with E-state index in [1.165, 1.54) is 12.1 Å². The molecule has 1 unspecified atom stereocenters. The predicted molar refractivity (Wildman–Crippen MR) is 107 cm³/mol. The SMILES string of the molecule is CCCN(CCOC)c1ccc(N=CC2C(=O)Nc3cc(F)ccc32)cc1. The summed E-state index contributed by atoms with van der Waals surface area (Å²) in [4.78, 5) is 18.9. The van der Waals surface area contributed by atoms with Crippen LogP contribution >= 0.6 is 0 Å². The Morgan fingerprint density at radius 1 is 1.22 bits per heavy atom. The zero-order valence-corrected chi connectivity index (χ0v) is 15.6. The summed E-state index contributed by atoms with van der Waals surface area (Å²) in [6.07, 6.45) is 2.67. The van der Waals surface area contributed by atoms with Crippen molar-refractivity contribution in [1.82, 2.24) is 0 Å². The molecule has 142 valence electrons. The van der Waals surface area contributed by atoms with Gasteiger partial charge in [0.2, 0.25) is 5.91 Å². The summed E-state index contributed by atoms with van der Waals surface area (Å²) in [5.74, 6) is -1.06. The van der Waals surface area contributed by atoms with E-state index in [0.717, 1.165) is 36.4 Å². The first-order valence-electron chi connectivity index (χ1n) is 9.11. The average molecular weight is 369 g/mol. The van der Waals surface area contributed by atoms with Gasteiger partial charge in [0.1, 0.15) is 11.7 Å². The van der Waals surface area contributed by atoms with Gasteiger partial charge in [0, 0.05) is 37.8 Å². The molecule has 1 amide bonds. The van der Waals surface area contributed by atoms with Gasteiger partial charge in [0.05, 0.1) is 12.3 Å².